The van der Waals surface area contributed by atoms with E-state index in [1.165, 1.54) is 10.9 Å². The lowest BCUT2D eigenvalue weighted by Gasteiger charge is -1.99. The lowest BCUT2D eigenvalue weighted by atomic mass is 10.2. The summed E-state index contributed by atoms with van der Waals surface area (Å²) in [5.41, 5.74) is 0.618. The Kier molecular flexibility index (Phi) is 1.61. The Morgan fingerprint density at radius 2 is 2.46 bits per heavy atom. The summed E-state index contributed by atoms with van der Waals surface area (Å²) >= 11 is 0. The van der Waals surface area contributed by atoms with Gasteiger partial charge in [0.05, 0.1) is 11.9 Å². The number of nitrogens with zero attached hydrogens (tertiary/aromatic N) is 2. The summed E-state index contributed by atoms with van der Waals surface area (Å²) in [6, 6.07) is 0. The number of aromatic carboxylic acids is 1. The summed E-state index contributed by atoms with van der Waals surface area (Å²) in [6.07, 6.45) is 0.788. The second-order valence-corrected chi connectivity index (χ2v) is 3.23. The van der Waals surface area contributed by atoms with Crippen LogP contribution in [0.25, 0.3) is 0 Å². The zero-order chi connectivity index (χ0) is 9.59. The fourth-order valence-electron chi connectivity index (χ4n) is 1.50. The zero-order valence-corrected chi connectivity index (χ0v) is 7.07. The van der Waals surface area contributed by atoms with Gasteiger partial charge in [0.15, 0.2) is 0 Å². The monoisotopic (exact) mass is 184 g/mol. The zero-order valence-electron chi connectivity index (χ0n) is 7.07. The second-order valence-electron chi connectivity index (χ2n) is 3.23. The van der Waals surface area contributed by atoms with E-state index in [4.69, 9.17) is 5.11 Å². The number of aromatic nitrogens is 2. The Morgan fingerprint density at radius 1 is 1.85 bits per heavy atom. The van der Waals surface area contributed by atoms with Crippen molar-refractivity contribution >= 4 is 5.97 Å². The number of carboxylic acids is 1. The highest BCUT2D eigenvalue weighted by Crippen LogP contribution is 2.44. The molecule has 1 N–H and O–H groups in total. The van der Waals surface area contributed by atoms with Gasteiger partial charge in [0, 0.05) is 13.0 Å². The van der Waals surface area contributed by atoms with Crippen LogP contribution < -0.4 is 0 Å². The van der Waals surface area contributed by atoms with Crippen molar-refractivity contribution in [3.63, 3.8) is 0 Å². The van der Waals surface area contributed by atoms with E-state index in [0.29, 0.717) is 12.1 Å². The van der Waals surface area contributed by atoms with Crippen LogP contribution in [0, 0.1) is 0 Å². The number of rotatable bonds is 2. The van der Waals surface area contributed by atoms with Gasteiger partial charge in [-0.1, -0.05) is 0 Å². The average Bonchev–Trinajstić information content (AvgIpc) is 2.60. The van der Waals surface area contributed by atoms with E-state index in [1.54, 1.807) is 7.05 Å². The third-order valence-corrected chi connectivity index (χ3v) is 2.28. The predicted octanol–water partition coefficient (Wildman–Crippen LogP) is 0.944. The molecule has 0 bridgehead atoms. The summed E-state index contributed by atoms with van der Waals surface area (Å²) < 4.78 is 14.2. The molecule has 1 fully saturated rings. The number of hydrogen-bond acceptors (Lipinski definition) is 2. The maximum atomic E-state index is 12.7. The summed E-state index contributed by atoms with van der Waals surface area (Å²) in [5.74, 6) is -1.30. The number of alkyl halides is 1. The quantitative estimate of drug-likeness (QED) is 0.744. The molecular weight excluding hydrogens is 175 g/mol. The molecule has 1 saturated carbocycles. The van der Waals surface area contributed by atoms with E-state index >= 15 is 0 Å². The molecule has 0 aromatic carbocycles. The van der Waals surface area contributed by atoms with E-state index < -0.39 is 12.1 Å². The van der Waals surface area contributed by atoms with Gasteiger partial charge in [0.25, 0.3) is 0 Å². The van der Waals surface area contributed by atoms with Gasteiger partial charge >= 0.3 is 5.97 Å². The number of aryl methyl sites for hydroxylation is 1. The summed E-state index contributed by atoms with van der Waals surface area (Å²) in [7, 11) is 1.63. The molecule has 0 radical (unpaired) electrons. The Hall–Kier alpha value is -1.39. The largest absolute Gasteiger partial charge is 0.478 e. The van der Waals surface area contributed by atoms with Gasteiger partial charge in [0.2, 0.25) is 0 Å². The standard InChI is InChI=1S/C8H9FN2O2/c1-11-7(4-2-6(4)9)5(3-10-11)8(12)13/h3-4,6H,2H2,1H3,(H,12,13)/t4-,6-/m1/s1. The lowest BCUT2D eigenvalue weighted by Crippen LogP contribution is -2.04. The van der Waals surface area contributed by atoms with E-state index in [9.17, 15) is 9.18 Å². The molecule has 2 rings (SSSR count). The molecule has 0 amide bonds. The summed E-state index contributed by atoms with van der Waals surface area (Å²) in [5, 5.41) is 12.6. The van der Waals surface area contributed by atoms with E-state index in [0.717, 1.165) is 0 Å². The first-order chi connectivity index (χ1) is 6.11. The van der Waals surface area contributed by atoms with Gasteiger partial charge in [-0.2, -0.15) is 5.10 Å². The Morgan fingerprint density at radius 3 is 2.92 bits per heavy atom. The highest BCUT2D eigenvalue weighted by molar-refractivity contribution is 5.89. The third-order valence-electron chi connectivity index (χ3n) is 2.28. The summed E-state index contributed by atoms with van der Waals surface area (Å²) in [4.78, 5) is 10.7. The minimum atomic E-state index is -1.04. The van der Waals surface area contributed by atoms with Crippen LogP contribution in [0.4, 0.5) is 4.39 Å². The fraction of sp³-hybridized carbons (Fsp3) is 0.500. The first kappa shape index (κ1) is 8.22. The van der Waals surface area contributed by atoms with Crippen molar-refractivity contribution in [3.8, 4) is 0 Å². The van der Waals surface area contributed by atoms with Crippen molar-refractivity contribution in [2.75, 3.05) is 0 Å². The smallest absolute Gasteiger partial charge is 0.339 e. The lowest BCUT2D eigenvalue weighted by molar-refractivity contribution is 0.0695. The molecule has 2 atom stereocenters. The Labute approximate surface area is 74.0 Å². The van der Waals surface area contributed by atoms with E-state index in [1.807, 2.05) is 0 Å². The first-order valence-corrected chi connectivity index (χ1v) is 4.00. The Bertz CT molecular complexity index is 361. The van der Waals surface area contributed by atoms with Crippen LogP contribution in [-0.2, 0) is 7.05 Å². The number of carboxylic acid groups (broad SMARTS) is 1. The maximum Gasteiger partial charge on any atom is 0.339 e. The average molecular weight is 184 g/mol. The third kappa shape index (κ3) is 1.20. The van der Waals surface area contributed by atoms with Crippen molar-refractivity contribution in [3.05, 3.63) is 17.5 Å². The van der Waals surface area contributed by atoms with E-state index in [2.05, 4.69) is 5.10 Å². The van der Waals surface area contributed by atoms with Crippen LogP contribution >= 0.6 is 0 Å². The molecule has 0 saturated heterocycles. The molecule has 1 aromatic heterocycles. The normalized spacial score (nSPS) is 26.0. The summed E-state index contributed by atoms with van der Waals surface area (Å²) in [6.45, 7) is 0. The molecule has 4 nitrogen and oxygen atoms in total. The second kappa shape index (κ2) is 2.55. The molecular formula is C8H9FN2O2. The maximum absolute atomic E-state index is 12.7. The van der Waals surface area contributed by atoms with Crippen molar-refractivity contribution in [2.24, 2.45) is 7.05 Å². The molecule has 0 unspecified atom stereocenters. The van der Waals surface area contributed by atoms with Gasteiger partial charge in [-0.15, -0.1) is 0 Å². The molecule has 5 heteroatoms. The number of hydrogen-bond donors (Lipinski definition) is 1. The van der Waals surface area contributed by atoms with Crippen LogP contribution in [0.1, 0.15) is 28.4 Å². The SMILES string of the molecule is Cn1ncc(C(=O)O)c1[C@@H]1C[C@H]1F. The molecule has 1 aliphatic carbocycles. The number of halogens is 1. The molecule has 1 aliphatic rings. The van der Waals surface area contributed by atoms with Crippen molar-refractivity contribution in [1.82, 2.24) is 9.78 Å². The molecule has 0 aliphatic heterocycles. The Balaban J connectivity index is 2.41. The van der Waals surface area contributed by atoms with Crippen molar-refractivity contribution in [2.45, 2.75) is 18.5 Å². The molecule has 13 heavy (non-hydrogen) atoms. The van der Waals surface area contributed by atoms with Gasteiger partial charge in [-0.05, 0) is 6.42 Å². The highest BCUT2D eigenvalue weighted by Gasteiger charge is 2.43. The fourth-order valence-corrected chi connectivity index (χ4v) is 1.50. The van der Waals surface area contributed by atoms with Crippen LogP contribution in [0.3, 0.4) is 0 Å². The highest BCUT2D eigenvalue weighted by atomic mass is 19.1. The molecule has 1 heterocycles. The van der Waals surface area contributed by atoms with Gasteiger partial charge in [-0.25, -0.2) is 9.18 Å². The van der Waals surface area contributed by atoms with E-state index in [-0.39, 0.29) is 11.5 Å². The van der Waals surface area contributed by atoms with Crippen LogP contribution in [-0.4, -0.2) is 27.0 Å². The van der Waals surface area contributed by atoms with Crippen LogP contribution in [0.15, 0.2) is 6.20 Å². The topological polar surface area (TPSA) is 55.1 Å². The predicted molar refractivity (Wildman–Crippen MR) is 42.4 cm³/mol. The van der Waals surface area contributed by atoms with Crippen molar-refractivity contribution in [1.29, 1.82) is 0 Å². The first-order valence-electron chi connectivity index (χ1n) is 4.00. The molecule has 1 aromatic rings. The van der Waals surface area contributed by atoms with Crippen LogP contribution in [0.5, 0.6) is 0 Å². The molecule has 70 valence electrons. The van der Waals surface area contributed by atoms with Gasteiger partial charge in [-0.3, -0.25) is 4.68 Å². The molecule has 0 spiro atoms. The number of carbonyl (C=O) groups is 1. The van der Waals surface area contributed by atoms with Gasteiger partial charge in [0.1, 0.15) is 11.7 Å². The van der Waals surface area contributed by atoms with Gasteiger partial charge < -0.3 is 5.11 Å². The minimum absolute atomic E-state index is 0.118. The minimum Gasteiger partial charge on any atom is -0.478 e. The van der Waals surface area contributed by atoms with Crippen molar-refractivity contribution < 1.29 is 14.3 Å². The van der Waals surface area contributed by atoms with Crippen LogP contribution in [0.2, 0.25) is 0 Å².